The van der Waals surface area contributed by atoms with E-state index in [9.17, 15) is 13.2 Å². The van der Waals surface area contributed by atoms with E-state index in [1.165, 1.54) is 16.8 Å². The van der Waals surface area contributed by atoms with Crippen LogP contribution in [0.5, 0.6) is 0 Å². The number of aliphatic hydroxyl groups is 1. The molecular formula is C13H11F3N4O. The summed E-state index contributed by atoms with van der Waals surface area (Å²) in [6, 6.07) is 6.30. The summed E-state index contributed by atoms with van der Waals surface area (Å²) in [7, 11) is 0. The quantitative estimate of drug-likeness (QED) is 0.938. The smallest absolute Gasteiger partial charge is 0.396 e. The lowest BCUT2D eigenvalue weighted by molar-refractivity contribution is -0.137. The average molecular weight is 296 g/mol. The molecule has 110 valence electrons. The Morgan fingerprint density at radius 2 is 1.90 bits per heavy atom. The maximum Gasteiger partial charge on any atom is 0.416 e. The second-order valence-electron chi connectivity index (χ2n) is 4.27. The summed E-state index contributed by atoms with van der Waals surface area (Å²) in [5.74, 6) is 0. The summed E-state index contributed by atoms with van der Waals surface area (Å²) >= 11 is 0. The second kappa shape index (κ2) is 5.93. The number of alkyl halides is 3. The minimum atomic E-state index is -4.41. The molecule has 1 N–H and O–H groups in total. The number of nitrogens with zero attached hydrogens (tertiary/aromatic N) is 4. The number of nitriles is 1. The van der Waals surface area contributed by atoms with Crippen LogP contribution in [0.4, 0.5) is 13.2 Å². The first-order valence-corrected chi connectivity index (χ1v) is 6.09. The fourth-order valence-corrected chi connectivity index (χ4v) is 1.87. The van der Waals surface area contributed by atoms with Crippen molar-refractivity contribution in [2.75, 3.05) is 6.61 Å². The molecule has 2 rings (SSSR count). The third-order valence-corrected chi connectivity index (χ3v) is 2.85. The Morgan fingerprint density at radius 3 is 2.43 bits per heavy atom. The van der Waals surface area contributed by atoms with Crippen molar-refractivity contribution in [1.29, 1.82) is 5.26 Å². The summed E-state index contributed by atoms with van der Waals surface area (Å²) < 4.78 is 39.0. The Kier molecular flexibility index (Phi) is 4.23. The topological polar surface area (TPSA) is 74.7 Å². The van der Waals surface area contributed by atoms with Crippen LogP contribution in [0.25, 0.3) is 11.3 Å². The number of halogens is 3. The second-order valence-corrected chi connectivity index (χ2v) is 4.27. The van der Waals surface area contributed by atoms with Crippen LogP contribution >= 0.6 is 0 Å². The molecule has 1 aromatic heterocycles. The Balaban J connectivity index is 2.41. The highest BCUT2D eigenvalue weighted by Gasteiger charge is 2.30. The molecule has 0 aliphatic rings. The normalized spacial score (nSPS) is 11.4. The van der Waals surface area contributed by atoms with E-state index in [1.54, 1.807) is 0 Å². The van der Waals surface area contributed by atoms with E-state index < -0.39 is 11.7 Å². The van der Waals surface area contributed by atoms with E-state index in [0.717, 1.165) is 12.1 Å². The van der Waals surface area contributed by atoms with Gasteiger partial charge in [-0.1, -0.05) is 17.3 Å². The lowest BCUT2D eigenvalue weighted by atomic mass is 10.1. The maximum absolute atomic E-state index is 12.5. The molecule has 1 heterocycles. The van der Waals surface area contributed by atoms with Gasteiger partial charge in [-0.15, -0.1) is 5.10 Å². The Labute approximate surface area is 118 Å². The van der Waals surface area contributed by atoms with E-state index in [-0.39, 0.29) is 12.3 Å². The van der Waals surface area contributed by atoms with Crippen LogP contribution in [-0.4, -0.2) is 26.7 Å². The van der Waals surface area contributed by atoms with Gasteiger partial charge < -0.3 is 5.11 Å². The van der Waals surface area contributed by atoms with Gasteiger partial charge in [-0.25, -0.2) is 4.68 Å². The highest BCUT2D eigenvalue weighted by Crippen LogP contribution is 2.31. The number of hydrogen-bond acceptors (Lipinski definition) is 4. The molecule has 1 aromatic carbocycles. The Morgan fingerprint density at radius 1 is 1.24 bits per heavy atom. The fraction of sp³-hybridized carbons (Fsp3) is 0.308. The molecule has 5 nitrogen and oxygen atoms in total. The third kappa shape index (κ3) is 3.20. The van der Waals surface area contributed by atoms with Gasteiger partial charge in [0.25, 0.3) is 0 Å². The minimum absolute atomic E-state index is 0.0349. The van der Waals surface area contributed by atoms with E-state index in [0.29, 0.717) is 24.2 Å². The summed E-state index contributed by atoms with van der Waals surface area (Å²) in [4.78, 5) is 0. The Bertz CT molecular complexity index is 656. The molecule has 21 heavy (non-hydrogen) atoms. The predicted molar refractivity (Wildman–Crippen MR) is 66.9 cm³/mol. The number of rotatable bonds is 4. The van der Waals surface area contributed by atoms with Crippen molar-refractivity contribution in [3.05, 3.63) is 35.5 Å². The van der Waals surface area contributed by atoms with Gasteiger partial charge in [-0.2, -0.15) is 18.4 Å². The van der Waals surface area contributed by atoms with Gasteiger partial charge in [0.1, 0.15) is 11.8 Å². The van der Waals surface area contributed by atoms with Crippen molar-refractivity contribution in [1.82, 2.24) is 15.0 Å². The first-order valence-electron chi connectivity index (χ1n) is 6.09. The molecule has 8 heteroatoms. The predicted octanol–water partition coefficient (Wildman–Crippen LogP) is 2.22. The van der Waals surface area contributed by atoms with Crippen molar-refractivity contribution in [3.63, 3.8) is 0 Å². The molecule has 0 aliphatic carbocycles. The molecule has 0 saturated carbocycles. The minimum Gasteiger partial charge on any atom is -0.396 e. The average Bonchev–Trinajstić information content (AvgIpc) is 2.87. The molecule has 0 radical (unpaired) electrons. The summed E-state index contributed by atoms with van der Waals surface area (Å²) in [6.07, 6.45) is -4.01. The van der Waals surface area contributed by atoms with Crippen molar-refractivity contribution < 1.29 is 18.3 Å². The van der Waals surface area contributed by atoms with Gasteiger partial charge in [0.15, 0.2) is 5.69 Å². The molecule has 0 saturated heterocycles. The van der Waals surface area contributed by atoms with Crippen LogP contribution < -0.4 is 0 Å². The number of aliphatic hydroxyl groups excluding tert-OH is 1. The lowest BCUT2D eigenvalue weighted by Crippen LogP contribution is -2.06. The van der Waals surface area contributed by atoms with Crippen molar-refractivity contribution >= 4 is 0 Å². The molecule has 2 aromatic rings. The highest BCUT2D eigenvalue weighted by atomic mass is 19.4. The fourth-order valence-electron chi connectivity index (χ4n) is 1.87. The van der Waals surface area contributed by atoms with Crippen molar-refractivity contribution in [3.8, 4) is 17.3 Å². The first kappa shape index (κ1) is 15.0. The molecule has 0 aliphatic heterocycles. The van der Waals surface area contributed by atoms with E-state index >= 15 is 0 Å². The molecular weight excluding hydrogens is 285 g/mol. The van der Waals surface area contributed by atoms with E-state index in [1.807, 2.05) is 6.07 Å². The van der Waals surface area contributed by atoms with E-state index in [2.05, 4.69) is 10.3 Å². The van der Waals surface area contributed by atoms with Crippen LogP contribution in [0.15, 0.2) is 24.3 Å². The highest BCUT2D eigenvalue weighted by molar-refractivity contribution is 5.65. The van der Waals surface area contributed by atoms with Gasteiger partial charge in [0, 0.05) is 18.7 Å². The molecule has 0 atom stereocenters. The van der Waals surface area contributed by atoms with Gasteiger partial charge >= 0.3 is 6.18 Å². The monoisotopic (exact) mass is 296 g/mol. The molecule has 0 unspecified atom stereocenters. The zero-order valence-electron chi connectivity index (χ0n) is 10.8. The standard InChI is InChI=1S/C13H11F3N4O/c14-13(15,16)10-4-2-9(3-5-10)12-11(8-17)18-19-20(12)6-1-7-21/h2-5,21H,1,6-7H2. The van der Waals surface area contributed by atoms with Gasteiger partial charge in [0.05, 0.1) is 5.56 Å². The zero-order valence-corrected chi connectivity index (χ0v) is 10.8. The van der Waals surface area contributed by atoms with Gasteiger partial charge in [-0.05, 0) is 18.6 Å². The molecule has 0 bridgehead atoms. The summed E-state index contributed by atoms with van der Waals surface area (Å²) in [6.45, 7) is 0.260. The van der Waals surface area contributed by atoms with Crippen LogP contribution in [0.1, 0.15) is 17.7 Å². The number of hydrogen-bond donors (Lipinski definition) is 1. The maximum atomic E-state index is 12.5. The number of benzene rings is 1. The van der Waals surface area contributed by atoms with Crippen molar-refractivity contribution in [2.24, 2.45) is 0 Å². The lowest BCUT2D eigenvalue weighted by Gasteiger charge is -2.09. The molecule has 0 spiro atoms. The Hall–Kier alpha value is -2.40. The molecule has 0 fully saturated rings. The number of aryl methyl sites for hydroxylation is 1. The van der Waals surface area contributed by atoms with E-state index in [4.69, 9.17) is 10.4 Å². The summed E-state index contributed by atoms with van der Waals surface area (Å²) in [5.41, 5.74) is 0.0361. The van der Waals surface area contributed by atoms with Gasteiger partial charge in [-0.3, -0.25) is 0 Å². The van der Waals surface area contributed by atoms with Crippen LogP contribution in [0.3, 0.4) is 0 Å². The van der Waals surface area contributed by atoms with Gasteiger partial charge in [0.2, 0.25) is 0 Å². The van der Waals surface area contributed by atoms with Crippen LogP contribution in [-0.2, 0) is 12.7 Å². The number of aromatic nitrogens is 3. The SMILES string of the molecule is N#Cc1nnn(CCCO)c1-c1ccc(C(F)(F)F)cc1. The summed E-state index contributed by atoms with van der Waals surface area (Å²) in [5, 5.41) is 25.3. The zero-order chi connectivity index (χ0) is 15.5. The van der Waals surface area contributed by atoms with Crippen molar-refractivity contribution in [2.45, 2.75) is 19.1 Å². The van der Waals surface area contributed by atoms with Crippen LogP contribution in [0, 0.1) is 11.3 Å². The third-order valence-electron chi connectivity index (χ3n) is 2.85. The largest absolute Gasteiger partial charge is 0.416 e. The molecule has 0 amide bonds. The first-order chi connectivity index (χ1) is 9.97. The van der Waals surface area contributed by atoms with Crippen LogP contribution in [0.2, 0.25) is 0 Å².